The number of fused-ring (bicyclic) bond motifs is 6. The van der Waals surface area contributed by atoms with Crippen molar-refractivity contribution in [3.63, 3.8) is 0 Å². The molecule has 0 atom stereocenters. The zero-order chi connectivity index (χ0) is 70.7. The Morgan fingerprint density at radius 1 is 0.170 bits per heavy atom. The van der Waals surface area contributed by atoms with Crippen molar-refractivity contribution in [2.75, 3.05) is 9.80 Å². The first kappa shape index (κ1) is 103. The predicted octanol–water partition coefficient (Wildman–Crippen LogP) is 31.9. The number of anilines is 6. The van der Waals surface area contributed by atoms with Crippen LogP contribution in [0.3, 0.4) is 0 Å². The molecule has 2 heteroatoms. The van der Waals surface area contributed by atoms with E-state index in [1.54, 1.807) is 0 Å². The zero-order valence-corrected chi connectivity index (χ0v) is 64.9. The molecular formula is C86H146N2. The van der Waals surface area contributed by atoms with Gasteiger partial charge in [0.25, 0.3) is 0 Å². The molecule has 2 aliphatic carbocycles. The van der Waals surface area contributed by atoms with E-state index in [9.17, 15) is 0 Å². The van der Waals surface area contributed by atoms with E-state index in [1.165, 1.54) is 78.6 Å². The van der Waals surface area contributed by atoms with Crippen LogP contribution in [0.4, 0.5) is 34.1 Å². The van der Waals surface area contributed by atoms with Gasteiger partial charge in [0.05, 0.1) is 11.4 Å². The molecular weight excluding hydrogens is 1060 g/mol. The average Bonchev–Trinajstić information content (AvgIpc) is 1.83. The maximum absolute atomic E-state index is 2.37. The minimum atomic E-state index is 0.984. The Morgan fingerprint density at radius 3 is 0.545 bits per heavy atom. The van der Waals surface area contributed by atoms with Crippen LogP contribution in [0.15, 0.2) is 206 Å². The van der Waals surface area contributed by atoms with Gasteiger partial charge in [-0.25, -0.2) is 0 Å². The fourth-order valence-electron chi connectivity index (χ4n) is 7.86. The maximum Gasteiger partial charge on any atom is 0.0503 e. The Kier molecular flexibility index (Phi) is 99.2. The fourth-order valence-corrected chi connectivity index (χ4v) is 7.86. The molecule has 0 spiro atoms. The van der Waals surface area contributed by atoms with Crippen molar-refractivity contribution in [2.24, 2.45) is 0 Å². The second-order valence-corrected chi connectivity index (χ2v) is 13.3. The van der Waals surface area contributed by atoms with Crippen LogP contribution in [0, 0.1) is 0 Å². The standard InChI is InChI=1S/2C25H19N.18C2H6/c2*1-3-11-20(12-4-1)26(21-13-5-2-6-14-21)25-17-9-16-23-22-15-8-7-10-19(22)18-24(23)25;18*1-2/h2*1-17H,18H2;18*1-2H3. The first-order valence-corrected chi connectivity index (χ1v) is 36.0. The first-order valence-electron chi connectivity index (χ1n) is 36.0. The van der Waals surface area contributed by atoms with E-state index in [1.807, 2.05) is 249 Å². The van der Waals surface area contributed by atoms with Gasteiger partial charge >= 0.3 is 0 Å². The van der Waals surface area contributed by atoms with Crippen molar-refractivity contribution in [2.45, 2.75) is 262 Å². The third kappa shape index (κ3) is 36.6. The highest BCUT2D eigenvalue weighted by molar-refractivity contribution is 5.89. The summed E-state index contributed by atoms with van der Waals surface area (Å²) in [5.74, 6) is 0. The van der Waals surface area contributed by atoms with Crippen LogP contribution in [0.5, 0.6) is 0 Å². The second kappa shape index (κ2) is 84.6. The quantitative estimate of drug-likeness (QED) is 0.164. The lowest BCUT2D eigenvalue weighted by atomic mass is 10.0. The van der Waals surface area contributed by atoms with Gasteiger partial charge in [-0.3, -0.25) is 0 Å². The Labute approximate surface area is 553 Å². The number of rotatable bonds is 6. The summed E-state index contributed by atoms with van der Waals surface area (Å²) in [6, 6.07) is 73.3. The van der Waals surface area contributed by atoms with Gasteiger partial charge in [0.1, 0.15) is 0 Å². The van der Waals surface area contributed by atoms with Crippen LogP contribution in [-0.2, 0) is 12.8 Å². The largest absolute Gasteiger partial charge is 0.310 e. The van der Waals surface area contributed by atoms with Crippen molar-refractivity contribution >= 4 is 34.1 Å². The lowest BCUT2D eigenvalue weighted by Crippen LogP contribution is -2.11. The molecule has 0 heterocycles. The molecule has 10 rings (SSSR count). The van der Waals surface area contributed by atoms with Gasteiger partial charge in [-0.1, -0.05) is 395 Å². The maximum atomic E-state index is 2.37. The van der Waals surface area contributed by atoms with E-state index < -0.39 is 0 Å². The van der Waals surface area contributed by atoms with Crippen LogP contribution < -0.4 is 9.80 Å². The topological polar surface area (TPSA) is 6.48 Å². The lowest BCUT2D eigenvalue weighted by molar-refractivity contribution is 1.20. The van der Waals surface area contributed by atoms with Crippen LogP contribution in [0.2, 0.25) is 0 Å². The van der Waals surface area contributed by atoms with Crippen LogP contribution in [0.1, 0.15) is 272 Å². The highest BCUT2D eigenvalue weighted by Gasteiger charge is 2.26. The van der Waals surface area contributed by atoms with Gasteiger partial charge in [0.2, 0.25) is 0 Å². The molecule has 0 saturated carbocycles. The summed E-state index contributed by atoms with van der Waals surface area (Å²) in [6.45, 7) is 72.0. The molecule has 2 nitrogen and oxygen atoms in total. The third-order valence-electron chi connectivity index (χ3n) is 10.2. The zero-order valence-electron chi connectivity index (χ0n) is 64.9. The summed E-state index contributed by atoms with van der Waals surface area (Å²) >= 11 is 0. The molecule has 0 aromatic heterocycles. The molecule has 0 N–H and O–H groups in total. The molecule has 0 unspecified atom stereocenters. The molecule has 8 aromatic carbocycles. The van der Waals surface area contributed by atoms with Crippen LogP contribution in [-0.4, -0.2) is 0 Å². The van der Waals surface area contributed by atoms with Gasteiger partial charge in [-0.15, -0.1) is 0 Å². The van der Waals surface area contributed by atoms with Crippen molar-refractivity contribution in [1.29, 1.82) is 0 Å². The van der Waals surface area contributed by atoms with Gasteiger partial charge in [0, 0.05) is 35.6 Å². The summed E-state index contributed by atoms with van der Waals surface area (Å²) < 4.78 is 0. The van der Waals surface area contributed by atoms with E-state index in [0.717, 1.165) is 12.8 Å². The fraction of sp³-hybridized carbons (Fsp3) is 0.442. The van der Waals surface area contributed by atoms with E-state index in [0.29, 0.717) is 0 Å². The van der Waals surface area contributed by atoms with Crippen LogP contribution in [0.25, 0.3) is 22.3 Å². The smallest absolute Gasteiger partial charge is 0.0503 e. The van der Waals surface area contributed by atoms with Gasteiger partial charge in [-0.2, -0.15) is 0 Å². The average molecular weight is 1210 g/mol. The summed E-state index contributed by atoms with van der Waals surface area (Å²) in [7, 11) is 0. The van der Waals surface area contributed by atoms with Crippen LogP contribution >= 0.6 is 0 Å². The number of nitrogens with zero attached hydrogens (tertiary/aromatic N) is 2. The molecule has 0 saturated heterocycles. The summed E-state index contributed by atoms with van der Waals surface area (Å²) in [5, 5.41) is 0. The van der Waals surface area contributed by atoms with Crippen molar-refractivity contribution < 1.29 is 0 Å². The Balaban J connectivity index is -0.000000115. The Bertz CT molecular complexity index is 2200. The Hall–Kier alpha value is -6.64. The monoisotopic (exact) mass is 1210 g/mol. The van der Waals surface area contributed by atoms with E-state index in [2.05, 4.69) is 216 Å². The van der Waals surface area contributed by atoms with E-state index in [4.69, 9.17) is 0 Å². The minimum Gasteiger partial charge on any atom is -0.310 e. The predicted molar refractivity (Wildman–Crippen MR) is 423 cm³/mol. The van der Waals surface area contributed by atoms with E-state index >= 15 is 0 Å². The van der Waals surface area contributed by atoms with Gasteiger partial charge in [-0.05, 0) is 105 Å². The highest BCUT2D eigenvalue weighted by Crippen LogP contribution is 2.47. The normalized spacial score (nSPS) is 8.14. The molecule has 0 radical (unpaired) electrons. The van der Waals surface area contributed by atoms with Crippen molar-refractivity contribution in [1.82, 2.24) is 0 Å². The molecule has 0 aliphatic heterocycles. The van der Waals surface area contributed by atoms with Gasteiger partial charge in [0.15, 0.2) is 0 Å². The van der Waals surface area contributed by atoms with E-state index in [-0.39, 0.29) is 0 Å². The highest BCUT2D eigenvalue weighted by atomic mass is 15.1. The van der Waals surface area contributed by atoms with Crippen molar-refractivity contribution in [3.05, 3.63) is 229 Å². The first-order chi connectivity index (χ1) is 43.8. The molecule has 0 amide bonds. The van der Waals surface area contributed by atoms with Crippen molar-refractivity contribution in [3.8, 4) is 22.3 Å². The summed E-state index contributed by atoms with van der Waals surface area (Å²) in [6.07, 6.45) is 1.97. The van der Waals surface area contributed by atoms with Gasteiger partial charge < -0.3 is 9.80 Å². The Morgan fingerprint density at radius 2 is 0.341 bits per heavy atom. The lowest BCUT2D eigenvalue weighted by Gasteiger charge is -2.27. The molecule has 0 bridgehead atoms. The third-order valence-corrected chi connectivity index (χ3v) is 10.2. The summed E-state index contributed by atoms with van der Waals surface area (Å²) in [4.78, 5) is 4.73. The number of hydrogen-bond acceptors (Lipinski definition) is 2. The number of benzene rings is 8. The second-order valence-electron chi connectivity index (χ2n) is 13.3. The number of hydrogen-bond donors (Lipinski definition) is 0. The molecule has 500 valence electrons. The summed E-state index contributed by atoms with van der Waals surface area (Å²) in [5.41, 5.74) is 18.3. The molecule has 2 aliphatic rings. The number of para-hydroxylation sites is 4. The minimum absolute atomic E-state index is 0.984. The SMILES string of the molecule is CC.CC.CC.CC.CC.CC.CC.CC.CC.CC.CC.CC.CC.CC.CC.CC.CC.CC.c1ccc(N(c2ccccc2)c2cccc3c2Cc2ccccc2-3)cc1.c1ccc(N(c2ccccc2)c2cccc3c2Cc2ccccc2-3)cc1. The molecule has 8 aromatic rings. The molecule has 0 fully saturated rings. The molecule has 88 heavy (non-hydrogen) atoms.